The van der Waals surface area contributed by atoms with Gasteiger partial charge in [-0.05, 0) is 30.3 Å². The zero-order valence-electron chi connectivity index (χ0n) is 10.6. The number of carboxylic acids is 1. The number of hydrogen-bond acceptors (Lipinski definition) is 3. The van der Waals surface area contributed by atoms with Crippen LogP contribution in [-0.4, -0.2) is 18.2 Å². The maximum Gasteiger partial charge on any atom is 0.335 e. The van der Waals surface area contributed by atoms with Crippen LogP contribution in [-0.2, 0) is 0 Å². The molecule has 0 saturated heterocycles. The summed E-state index contributed by atoms with van der Waals surface area (Å²) in [7, 11) is 1.52. The summed E-state index contributed by atoms with van der Waals surface area (Å²) in [4.78, 5) is 10.9. The number of ether oxygens (including phenoxy) is 1. The van der Waals surface area contributed by atoms with Gasteiger partial charge in [0.25, 0.3) is 0 Å². The molecular formula is C15H10ClNO3. The third kappa shape index (κ3) is 2.58. The van der Waals surface area contributed by atoms with Gasteiger partial charge in [0.15, 0.2) is 0 Å². The molecular weight excluding hydrogens is 278 g/mol. The van der Waals surface area contributed by atoms with Crippen molar-refractivity contribution in [2.45, 2.75) is 0 Å². The number of benzene rings is 2. The van der Waals surface area contributed by atoms with Crippen molar-refractivity contribution in [3.8, 4) is 22.9 Å². The summed E-state index contributed by atoms with van der Waals surface area (Å²) >= 11 is 6.13. The number of rotatable bonds is 3. The molecule has 2 aromatic carbocycles. The van der Waals surface area contributed by atoms with Gasteiger partial charge in [-0.3, -0.25) is 0 Å². The molecule has 2 rings (SSSR count). The quantitative estimate of drug-likeness (QED) is 0.936. The Labute approximate surface area is 120 Å². The average molecular weight is 288 g/mol. The van der Waals surface area contributed by atoms with E-state index in [-0.39, 0.29) is 5.56 Å². The average Bonchev–Trinajstić information content (AvgIpc) is 2.46. The van der Waals surface area contributed by atoms with Crippen molar-refractivity contribution in [3.63, 3.8) is 0 Å². The molecule has 0 fully saturated rings. The molecule has 0 aromatic heterocycles. The summed E-state index contributed by atoms with van der Waals surface area (Å²) in [5, 5.41) is 18.2. The van der Waals surface area contributed by atoms with Crippen LogP contribution >= 0.6 is 11.6 Å². The lowest BCUT2D eigenvalue weighted by atomic mass is 10.0. The molecule has 4 nitrogen and oxygen atoms in total. The fraction of sp³-hybridized carbons (Fsp3) is 0.0667. The molecule has 0 heterocycles. The highest BCUT2D eigenvalue weighted by Gasteiger charge is 2.13. The number of carboxylic acid groups (broad SMARTS) is 1. The molecule has 100 valence electrons. The third-order valence-electron chi connectivity index (χ3n) is 2.83. The molecule has 0 radical (unpaired) electrons. The minimum atomic E-state index is -1.05. The maximum absolute atomic E-state index is 10.9. The standard InChI is InChI=1S/C15H10ClNO3/c1-20-14-5-2-9(8-17)6-12(14)11-4-3-10(15(18)19)7-13(11)16/h2-7H,1H3,(H,18,19). The van der Waals surface area contributed by atoms with E-state index in [1.807, 2.05) is 6.07 Å². The van der Waals surface area contributed by atoms with Crippen LogP contribution in [0, 0.1) is 11.3 Å². The van der Waals surface area contributed by atoms with Crippen molar-refractivity contribution in [1.29, 1.82) is 5.26 Å². The van der Waals surface area contributed by atoms with E-state index in [9.17, 15) is 4.79 Å². The minimum absolute atomic E-state index is 0.106. The van der Waals surface area contributed by atoms with Gasteiger partial charge in [-0.15, -0.1) is 0 Å². The normalized spacial score (nSPS) is 9.85. The molecule has 0 saturated carbocycles. The molecule has 0 aliphatic carbocycles. The zero-order chi connectivity index (χ0) is 14.7. The van der Waals surface area contributed by atoms with Crippen molar-refractivity contribution >= 4 is 17.6 Å². The Balaban J connectivity index is 2.62. The molecule has 0 unspecified atom stereocenters. The summed E-state index contributed by atoms with van der Waals surface area (Å²) in [5.74, 6) is -0.481. The van der Waals surface area contributed by atoms with E-state index in [2.05, 4.69) is 0 Å². The molecule has 5 heteroatoms. The highest BCUT2D eigenvalue weighted by molar-refractivity contribution is 6.33. The molecule has 0 aliphatic rings. The van der Waals surface area contributed by atoms with Crippen LogP contribution in [0.15, 0.2) is 36.4 Å². The van der Waals surface area contributed by atoms with Gasteiger partial charge in [0, 0.05) is 16.1 Å². The number of nitrogens with zero attached hydrogens (tertiary/aromatic N) is 1. The Kier molecular flexibility index (Phi) is 3.92. The highest BCUT2D eigenvalue weighted by Crippen LogP contribution is 2.35. The van der Waals surface area contributed by atoms with Gasteiger partial charge < -0.3 is 9.84 Å². The minimum Gasteiger partial charge on any atom is -0.496 e. The van der Waals surface area contributed by atoms with Crippen LogP contribution < -0.4 is 4.74 Å². The van der Waals surface area contributed by atoms with Gasteiger partial charge >= 0.3 is 5.97 Å². The Hall–Kier alpha value is -2.51. The lowest BCUT2D eigenvalue weighted by Crippen LogP contribution is -1.96. The molecule has 0 bridgehead atoms. The van der Waals surface area contributed by atoms with E-state index in [0.717, 1.165) is 0 Å². The van der Waals surface area contributed by atoms with Crippen LogP contribution in [0.25, 0.3) is 11.1 Å². The first-order valence-electron chi connectivity index (χ1n) is 5.68. The fourth-order valence-electron chi connectivity index (χ4n) is 1.85. The SMILES string of the molecule is COc1ccc(C#N)cc1-c1ccc(C(=O)O)cc1Cl. The molecule has 20 heavy (non-hydrogen) atoms. The van der Waals surface area contributed by atoms with Gasteiger partial charge in [-0.1, -0.05) is 17.7 Å². The number of nitriles is 1. The second kappa shape index (κ2) is 5.64. The van der Waals surface area contributed by atoms with Gasteiger partial charge in [0.05, 0.1) is 24.3 Å². The van der Waals surface area contributed by atoms with Gasteiger partial charge in [-0.25, -0.2) is 4.79 Å². The van der Waals surface area contributed by atoms with Crippen LogP contribution in [0.4, 0.5) is 0 Å². The smallest absolute Gasteiger partial charge is 0.335 e. The summed E-state index contributed by atoms with van der Waals surface area (Å²) in [6, 6.07) is 11.4. The Morgan fingerprint density at radius 3 is 2.55 bits per heavy atom. The highest BCUT2D eigenvalue weighted by atomic mass is 35.5. The van der Waals surface area contributed by atoms with E-state index in [1.54, 1.807) is 24.3 Å². The second-order valence-electron chi connectivity index (χ2n) is 4.03. The predicted octanol–water partition coefficient (Wildman–Crippen LogP) is 3.59. The van der Waals surface area contributed by atoms with Crippen LogP contribution in [0.3, 0.4) is 0 Å². The number of hydrogen-bond donors (Lipinski definition) is 1. The molecule has 1 N–H and O–H groups in total. The summed E-state index contributed by atoms with van der Waals surface area (Å²) < 4.78 is 5.25. The Morgan fingerprint density at radius 1 is 1.25 bits per heavy atom. The van der Waals surface area contributed by atoms with Gasteiger partial charge in [0.1, 0.15) is 5.75 Å². The molecule has 0 spiro atoms. The Morgan fingerprint density at radius 2 is 2.00 bits per heavy atom. The van der Waals surface area contributed by atoms with Crippen molar-refractivity contribution in [2.24, 2.45) is 0 Å². The van der Waals surface area contributed by atoms with Crippen molar-refractivity contribution in [3.05, 3.63) is 52.5 Å². The molecule has 0 atom stereocenters. The van der Waals surface area contributed by atoms with E-state index >= 15 is 0 Å². The maximum atomic E-state index is 10.9. The number of halogens is 1. The van der Waals surface area contributed by atoms with Crippen molar-refractivity contribution < 1.29 is 14.6 Å². The van der Waals surface area contributed by atoms with Gasteiger partial charge in [0.2, 0.25) is 0 Å². The number of methoxy groups -OCH3 is 1. The Bertz CT molecular complexity index is 720. The second-order valence-corrected chi connectivity index (χ2v) is 4.43. The topological polar surface area (TPSA) is 70.3 Å². The summed E-state index contributed by atoms with van der Waals surface area (Å²) in [5.41, 5.74) is 1.84. The third-order valence-corrected chi connectivity index (χ3v) is 3.15. The fourth-order valence-corrected chi connectivity index (χ4v) is 2.14. The van der Waals surface area contributed by atoms with Crippen LogP contribution in [0.1, 0.15) is 15.9 Å². The van der Waals surface area contributed by atoms with E-state index in [0.29, 0.717) is 27.5 Å². The molecule has 2 aromatic rings. The van der Waals surface area contributed by atoms with E-state index < -0.39 is 5.97 Å². The summed E-state index contributed by atoms with van der Waals surface area (Å²) in [6.45, 7) is 0. The van der Waals surface area contributed by atoms with Crippen LogP contribution in [0.2, 0.25) is 5.02 Å². The van der Waals surface area contributed by atoms with Gasteiger partial charge in [-0.2, -0.15) is 5.26 Å². The predicted molar refractivity (Wildman–Crippen MR) is 75.1 cm³/mol. The first kappa shape index (κ1) is 13.9. The zero-order valence-corrected chi connectivity index (χ0v) is 11.3. The van der Waals surface area contributed by atoms with Crippen LogP contribution in [0.5, 0.6) is 5.75 Å². The van der Waals surface area contributed by atoms with Crippen molar-refractivity contribution in [2.75, 3.05) is 7.11 Å². The molecule has 0 aliphatic heterocycles. The monoisotopic (exact) mass is 287 g/mol. The van der Waals surface area contributed by atoms with E-state index in [1.165, 1.54) is 19.2 Å². The van der Waals surface area contributed by atoms with Crippen molar-refractivity contribution in [1.82, 2.24) is 0 Å². The first-order valence-corrected chi connectivity index (χ1v) is 6.06. The lowest BCUT2D eigenvalue weighted by Gasteiger charge is -2.11. The number of aromatic carboxylic acids is 1. The summed E-state index contributed by atoms with van der Waals surface area (Å²) in [6.07, 6.45) is 0. The molecule has 0 amide bonds. The number of carbonyl (C=O) groups is 1. The van der Waals surface area contributed by atoms with E-state index in [4.69, 9.17) is 26.7 Å². The largest absolute Gasteiger partial charge is 0.496 e. The first-order chi connectivity index (χ1) is 9.56. The lowest BCUT2D eigenvalue weighted by molar-refractivity contribution is 0.0697.